The normalized spacial score (nSPS) is 20.0. The topological polar surface area (TPSA) is 87.7 Å². The molecule has 6 nitrogen and oxygen atoms in total. The van der Waals surface area contributed by atoms with Crippen molar-refractivity contribution in [1.82, 2.24) is 20.3 Å². The van der Waals surface area contributed by atoms with Crippen LogP contribution in [0.3, 0.4) is 0 Å². The van der Waals surface area contributed by atoms with Crippen molar-refractivity contribution in [2.75, 3.05) is 0 Å². The third kappa shape index (κ3) is 3.16. The average Bonchev–Trinajstić information content (AvgIpc) is 3.22. The summed E-state index contributed by atoms with van der Waals surface area (Å²) >= 11 is 0. The van der Waals surface area contributed by atoms with Crippen LogP contribution in [-0.2, 0) is 11.3 Å². The van der Waals surface area contributed by atoms with Crippen LogP contribution in [-0.4, -0.2) is 20.9 Å². The smallest absolute Gasteiger partial charge is 0.251 e. The van der Waals surface area contributed by atoms with E-state index in [4.69, 9.17) is 0 Å². The Balaban J connectivity index is 1.75. The molecular formula is C15H16N4O2. The molecule has 0 unspecified atom stereocenters. The molecule has 108 valence electrons. The number of hydrogen-bond acceptors (Lipinski definition) is 4. The number of hydrogen-bond donors (Lipinski definition) is 2. The van der Waals surface area contributed by atoms with Gasteiger partial charge in [-0.05, 0) is 24.5 Å². The second kappa shape index (κ2) is 5.47. The lowest BCUT2D eigenvalue weighted by atomic mass is 10.3. The van der Waals surface area contributed by atoms with Crippen molar-refractivity contribution < 1.29 is 4.79 Å². The summed E-state index contributed by atoms with van der Waals surface area (Å²) in [5.41, 5.74) is 0.870. The molecule has 0 aromatic carbocycles. The molecule has 3 rings (SSSR count). The maximum absolute atomic E-state index is 11.8. The number of pyridine rings is 1. The van der Waals surface area contributed by atoms with Crippen molar-refractivity contribution in [2.24, 2.45) is 11.8 Å². The number of nitrogens with zero attached hydrogens (tertiary/aromatic N) is 2. The first-order chi connectivity index (χ1) is 10.1. The number of rotatable bonds is 4. The van der Waals surface area contributed by atoms with E-state index in [1.54, 1.807) is 18.3 Å². The number of aromatic nitrogens is 3. The van der Waals surface area contributed by atoms with Gasteiger partial charge in [0.05, 0.1) is 12.2 Å². The van der Waals surface area contributed by atoms with Gasteiger partial charge in [0.1, 0.15) is 5.69 Å². The Kier molecular flexibility index (Phi) is 3.51. The molecule has 0 saturated heterocycles. The molecule has 1 aliphatic carbocycles. The van der Waals surface area contributed by atoms with Crippen LogP contribution in [0, 0.1) is 11.8 Å². The standard InChI is InChI=1S/C15H16N4O2/c1-9-6-11(9)15(21)17-8-10-7-13(20)19-14(18-10)12-4-2-3-5-16-12/h2-5,7,9,11H,6,8H2,1H3,(H,17,21)(H,18,19,20)/t9-,11-/m0/s1. The molecule has 1 aliphatic rings. The summed E-state index contributed by atoms with van der Waals surface area (Å²) in [4.78, 5) is 34.6. The van der Waals surface area contributed by atoms with Crippen LogP contribution in [0.1, 0.15) is 19.0 Å². The lowest BCUT2D eigenvalue weighted by Gasteiger charge is -2.06. The van der Waals surface area contributed by atoms with Gasteiger partial charge >= 0.3 is 0 Å². The van der Waals surface area contributed by atoms with Gasteiger partial charge in [0.2, 0.25) is 5.91 Å². The molecule has 0 spiro atoms. The number of H-pyrrole nitrogens is 1. The van der Waals surface area contributed by atoms with Gasteiger partial charge in [-0.1, -0.05) is 13.0 Å². The second-order valence-electron chi connectivity index (χ2n) is 5.34. The Morgan fingerprint density at radius 2 is 2.29 bits per heavy atom. The fraction of sp³-hybridized carbons (Fsp3) is 0.333. The molecule has 0 bridgehead atoms. The number of amides is 1. The van der Waals surface area contributed by atoms with E-state index in [-0.39, 0.29) is 23.9 Å². The monoisotopic (exact) mass is 284 g/mol. The van der Waals surface area contributed by atoms with Gasteiger partial charge in [0.25, 0.3) is 5.56 Å². The van der Waals surface area contributed by atoms with Gasteiger partial charge in [-0.2, -0.15) is 0 Å². The first kappa shape index (κ1) is 13.5. The zero-order chi connectivity index (χ0) is 14.8. The van der Waals surface area contributed by atoms with E-state index in [2.05, 4.69) is 27.2 Å². The molecular weight excluding hydrogens is 268 g/mol. The molecule has 6 heteroatoms. The summed E-state index contributed by atoms with van der Waals surface area (Å²) in [6, 6.07) is 6.78. The van der Waals surface area contributed by atoms with Crippen LogP contribution in [0.4, 0.5) is 0 Å². The highest BCUT2D eigenvalue weighted by Gasteiger charge is 2.38. The lowest BCUT2D eigenvalue weighted by Crippen LogP contribution is -2.26. The van der Waals surface area contributed by atoms with Crippen LogP contribution < -0.4 is 10.9 Å². The molecule has 2 aromatic rings. The van der Waals surface area contributed by atoms with Crippen molar-refractivity contribution in [3.05, 3.63) is 46.5 Å². The van der Waals surface area contributed by atoms with E-state index in [1.165, 1.54) is 6.07 Å². The Bertz CT molecular complexity index is 711. The highest BCUT2D eigenvalue weighted by Crippen LogP contribution is 2.37. The molecule has 2 atom stereocenters. The van der Waals surface area contributed by atoms with Gasteiger partial charge in [0.15, 0.2) is 5.82 Å². The Labute approximate surface area is 121 Å². The Morgan fingerprint density at radius 3 is 2.95 bits per heavy atom. The second-order valence-corrected chi connectivity index (χ2v) is 5.34. The fourth-order valence-corrected chi connectivity index (χ4v) is 2.22. The van der Waals surface area contributed by atoms with E-state index in [0.717, 1.165) is 6.42 Å². The highest BCUT2D eigenvalue weighted by atomic mass is 16.2. The summed E-state index contributed by atoms with van der Waals surface area (Å²) in [5.74, 6) is 1.01. The summed E-state index contributed by atoms with van der Waals surface area (Å²) < 4.78 is 0. The SMILES string of the molecule is C[C@H]1C[C@@H]1C(=O)NCc1cc(=O)[nH]c(-c2ccccn2)n1. The summed E-state index contributed by atoms with van der Waals surface area (Å²) in [6.45, 7) is 2.31. The summed E-state index contributed by atoms with van der Waals surface area (Å²) in [7, 11) is 0. The predicted octanol–water partition coefficient (Wildman–Crippen LogP) is 1.10. The Morgan fingerprint density at radius 1 is 1.48 bits per heavy atom. The van der Waals surface area contributed by atoms with E-state index < -0.39 is 0 Å². The zero-order valence-corrected chi connectivity index (χ0v) is 11.7. The number of carbonyl (C=O) groups is 1. The largest absolute Gasteiger partial charge is 0.350 e. The van der Waals surface area contributed by atoms with Gasteiger partial charge in [0, 0.05) is 18.2 Å². The molecule has 2 aromatic heterocycles. The maximum atomic E-state index is 11.8. The quantitative estimate of drug-likeness (QED) is 0.880. The highest BCUT2D eigenvalue weighted by molar-refractivity contribution is 5.81. The predicted molar refractivity (Wildman–Crippen MR) is 77.2 cm³/mol. The van der Waals surface area contributed by atoms with Gasteiger partial charge in [-0.15, -0.1) is 0 Å². The molecule has 1 amide bonds. The first-order valence-electron chi connectivity index (χ1n) is 6.93. The molecule has 0 aliphatic heterocycles. The third-order valence-corrected chi connectivity index (χ3v) is 3.59. The van der Waals surface area contributed by atoms with Gasteiger partial charge in [-0.25, -0.2) is 4.98 Å². The van der Waals surface area contributed by atoms with Crippen molar-refractivity contribution in [3.8, 4) is 11.5 Å². The lowest BCUT2D eigenvalue weighted by molar-refractivity contribution is -0.122. The number of carbonyl (C=O) groups excluding carboxylic acids is 1. The molecule has 21 heavy (non-hydrogen) atoms. The minimum Gasteiger partial charge on any atom is -0.350 e. The molecule has 1 saturated carbocycles. The molecule has 2 heterocycles. The Hall–Kier alpha value is -2.50. The zero-order valence-electron chi connectivity index (χ0n) is 11.7. The van der Waals surface area contributed by atoms with E-state index in [9.17, 15) is 9.59 Å². The van der Waals surface area contributed by atoms with Crippen molar-refractivity contribution in [3.63, 3.8) is 0 Å². The van der Waals surface area contributed by atoms with E-state index >= 15 is 0 Å². The van der Waals surface area contributed by atoms with Crippen LogP contribution in [0.5, 0.6) is 0 Å². The minimum absolute atomic E-state index is 0.0315. The van der Waals surface area contributed by atoms with E-state index in [0.29, 0.717) is 23.1 Å². The summed E-state index contributed by atoms with van der Waals surface area (Å²) in [5, 5.41) is 2.82. The average molecular weight is 284 g/mol. The van der Waals surface area contributed by atoms with Gasteiger partial charge < -0.3 is 10.3 Å². The van der Waals surface area contributed by atoms with E-state index in [1.807, 2.05) is 6.07 Å². The first-order valence-corrected chi connectivity index (χ1v) is 6.93. The molecule has 2 N–H and O–H groups in total. The number of aromatic amines is 1. The van der Waals surface area contributed by atoms with Crippen molar-refractivity contribution in [1.29, 1.82) is 0 Å². The molecule has 1 fully saturated rings. The molecule has 0 radical (unpaired) electrons. The minimum atomic E-state index is -0.255. The number of nitrogens with one attached hydrogen (secondary N) is 2. The van der Waals surface area contributed by atoms with Crippen molar-refractivity contribution in [2.45, 2.75) is 19.9 Å². The summed E-state index contributed by atoms with van der Waals surface area (Å²) in [6.07, 6.45) is 2.58. The third-order valence-electron chi connectivity index (χ3n) is 3.59. The fourth-order valence-electron chi connectivity index (χ4n) is 2.22. The van der Waals surface area contributed by atoms with Crippen LogP contribution in [0.15, 0.2) is 35.3 Å². The van der Waals surface area contributed by atoms with Crippen LogP contribution in [0.2, 0.25) is 0 Å². The van der Waals surface area contributed by atoms with Gasteiger partial charge in [-0.3, -0.25) is 14.6 Å². The maximum Gasteiger partial charge on any atom is 0.251 e. The van der Waals surface area contributed by atoms with Crippen LogP contribution >= 0.6 is 0 Å². The van der Waals surface area contributed by atoms with Crippen molar-refractivity contribution >= 4 is 5.91 Å². The van der Waals surface area contributed by atoms with Crippen LogP contribution in [0.25, 0.3) is 11.5 Å².